The maximum atomic E-state index is 11.9. The summed E-state index contributed by atoms with van der Waals surface area (Å²) in [5, 5.41) is 16.9. The number of halogens is 3. The van der Waals surface area contributed by atoms with E-state index in [9.17, 15) is 13.2 Å². The molecule has 0 aromatic heterocycles. The van der Waals surface area contributed by atoms with Gasteiger partial charge in [0, 0.05) is 13.2 Å². The largest absolute Gasteiger partial charge is 0.396 e. The predicted octanol–water partition coefficient (Wildman–Crippen LogP) is 0.396. The van der Waals surface area contributed by atoms with Crippen LogP contribution in [0.3, 0.4) is 0 Å². The Morgan fingerprint density at radius 2 is 1.36 bits per heavy atom. The van der Waals surface area contributed by atoms with Gasteiger partial charge in [-0.05, 0) is 11.8 Å². The molecule has 1 aliphatic rings. The van der Waals surface area contributed by atoms with E-state index in [1.165, 1.54) is 0 Å². The van der Waals surface area contributed by atoms with Crippen molar-refractivity contribution in [2.45, 2.75) is 6.18 Å². The number of hydrogen-bond acceptors (Lipinski definition) is 2. The van der Waals surface area contributed by atoms with Gasteiger partial charge in [-0.2, -0.15) is 13.2 Å². The van der Waals surface area contributed by atoms with Crippen LogP contribution in [0.5, 0.6) is 0 Å². The Kier molecular flexibility index (Phi) is 2.11. The molecule has 0 bridgehead atoms. The first kappa shape index (κ1) is 8.80. The van der Waals surface area contributed by atoms with Crippen LogP contribution in [0.1, 0.15) is 0 Å². The summed E-state index contributed by atoms with van der Waals surface area (Å²) in [5.74, 6) is -3.04. The molecule has 11 heavy (non-hydrogen) atoms. The second kappa shape index (κ2) is 2.64. The molecule has 0 aliphatic heterocycles. The predicted molar refractivity (Wildman–Crippen MR) is 30.7 cm³/mol. The average molecular weight is 170 g/mol. The molecule has 2 unspecified atom stereocenters. The van der Waals surface area contributed by atoms with Gasteiger partial charge in [-0.3, -0.25) is 0 Å². The van der Waals surface area contributed by atoms with Crippen molar-refractivity contribution in [3.05, 3.63) is 0 Å². The van der Waals surface area contributed by atoms with E-state index in [4.69, 9.17) is 10.2 Å². The van der Waals surface area contributed by atoms with Crippen molar-refractivity contribution in [3.63, 3.8) is 0 Å². The summed E-state index contributed by atoms with van der Waals surface area (Å²) in [6.07, 6.45) is -4.26. The van der Waals surface area contributed by atoms with Gasteiger partial charge < -0.3 is 10.2 Å². The van der Waals surface area contributed by atoms with E-state index in [0.717, 1.165) is 0 Å². The first-order valence-electron chi connectivity index (χ1n) is 3.30. The number of aliphatic hydroxyl groups is 2. The van der Waals surface area contributed by atoms with Gasteiger partial charge in [-0.1, -0.05) is 0 Å². The topological polar surface area (TPSA) is 40.5 Å². The normalized spacial score (nSPS) is 37.4. The lowest BCUT2D eigenvalue weighted by atomic mass is 10.3. The third-order valence-corrected chi connectivity index (χ3v) is 2.13. The molecule has 0 radical (unpaired) electrons. The fraction of sp³-hybridized carbons (Fsp3) is 1.00. The lowest BCUT2D eigenvalue weighted by molar-refractivity contribution is -0.155. The highest BCUT2D eigenvalue weighted by Gasteiger charge is 2.63. The van der Waals surface area contributed by atoms with Gasteiger partial charge in [0.2, 0.25) is 0 Å². The van der Waals surface area contributed by atoms with Gasteiger partial charge in [-0.15, -0.1) is 0 Å². The Hall–Kier alpha value is -0.290. The standard InChI is InChI=1S/C6H9F3O2/c7-6(8,9)5-3(1-10)4(5)2-11/h3-5,10-11H,1-2H2. The highest BCUT2D eigenvalue weighted by Crippen LogP contribution is 2.54. The molecule has 1 rings (SSSR count). The SMILES string of the molecule is OCC1C(CO)C1C(F)(F)F. The molecule has 5 heteroatoms. The summed E-state index contributed by atoms with van der Waals surface area (Å²) in [5.41, 5.74) is 0. The van der Waals surface area contributed by atoms with Crippen LogP contribution in [-0.2, 0) is 0 Å². The van der Waals surface area contributed by atoms with Gasteiger partial charge in [0.25, 0.3) is 0 Å². The molecule has 0 spiro atoms. The second-order valence-corrected chi connectivity index (χ2v) is 2.76. The van der Waals surface area contributed by atoms with Crippen molar-refractivity contribution in [3.8, 4) is 0 Å². The smallest absolute Gasteiger partial charge is 0.392 e. The van der Waals surface area contributed by atoms with Crippen LogP contribution in [0.4, 0.5) is 13.2 Å². The molecular formula is C6H9F3O2. The van der Waals surface area contributed by atoms with Gasteiger partial charge >= 0.3 is 6.18 Å². The van der Waals surface area contributed by atoms with Crippen LogP contribution in [0.25, 0.3) is 0 Å². The summed E-state index contributed by atoms with van der Waals surface area (Å²) in [4.78, 5) is 0. The number of alkyl halides is 3. The van der Waals surface area contributed by atoms with Crippen LogP contribution >= 0.6 is 0 Å². The maximum Gasteiger partial charge on any atom is 0.392 e. The van der Waals surface area contributed by atoms with E-state index in [0.29, 0.717) is 0 Å². The van der Waals surface area contributed by atoms with Gasteiger partial charge in [0.05, 0.1) is 5.92 Å². The van der Waals surface area contributed by atoms with Crippen molar-refractivity contribution in [1.29, 1.82) is 0 Å². The van der Waals surface area contributed by atoms with Gasteiger partial charge in [-0.25, -0.2) is 0 Å². The van der Waals surface area contributed by atoms with E-state index in [2.05, 4.69) is 0 Å². The second-order valence-electron chi connectivity index (χ2n) is 2.76. The van der Waals surface area contributed by atoms with Crippen molar-refractivity contribution >= 4 is 0 Å². The highest BCUT2D eigenvalue weighted by atomic mass is 19.4. The summed E-state index contributed by atoms with van der Waals surface area (Å²) in [6, 6.07) is 0. The van der Waals surface area contributed by atoms with Crippen LogP contribution < -0.4 is 0 Å². The Bertz CT molecular complexity index is 135. The molecule has 2 atom stereocenters. The summed E-state index contributed by atoms with van der Waals surface area (Å²) in [7, 11) is 0. The fourth-order valence-corrected chi connectivity index (χ4v) is 1.43. The number of rotatable bonds is 2. The van der Waals surface area contributed by atoms with Crippen LogP contribution in [0.15, 0.2) is 0 Å². The monoisotopic (exact) mass is 170 g/mol. The van der Waals surface area contributed by atoms with Crippen molar-refractivity contribution < 1.29 is 23.4 Å². The Morgan fingerprint density at radius 1 is 1.00 bits per heavy atom. The van der Waals surface area contributed by atoms with E-state index < -0.39 is 37.1 Å². The third-order valence-electron chi connectivity index (χ3n) is 2.13. The number of hydrogen-bond donors (Lipinski definition) is 2. The maximum absolute atomic E-state index is 11.9. The number of aliphatic hydroxyl groups excluding tert-OH is 2. The minimum absolute atomic E-state index is 0.491. The molecule has 1 fully saturated rings. The lowest BCUT2D eigenvalue weighted by Crippen LogP contribution is -2.14. The Labute approximate surface area is 61.6 Å². The lowest BCUT2D eigenvalue weighted by Gasteiger charge is -2.03. The summed E-state index contributed by atoms with van der Waals surface area (Å²) < 4.78 is 35.7. The average Bonchev–Trinajstić information content (AvgIpc) is 2.58. The summed E-state index contributed by atoms with van der Waals surface area (Å²) >= 11 is 0. The van der Waals surface area contributed by atoms with Crippen LogP contribution in [-0.4, -0.2) is 29.6 Å². The highest BCUT2D eigenvalue weighted by molar-refractivity contribution is 5.00. The molecule has 2 N–H and O–H groups in total. The van der Waals surface area contributed by atoms with E-state index in [1.54, 1.807) is 0 Å². The molecule has 0 saturated heterocycles. The molecule has 2 nitrogen and oxygen atoms in total. The quantitative estimate of drug-likeness (QED) is 0.629. The van der Waals surface area contributed by atoms with E-state index >= 15 is 0 Å². The third kappa shape index (κ3) is 1.49. The van der Waals surface area contributed by atoms with Gasteiger partial charge in [0.15, 0.2) is 0 Å². The molecule has 66 valence electrons. The van der Waals surface area contributed by atoms with Crippen molar-refractivity contribution in [1.82, 2.24) is 0 Å². The zero-order valence-corrected chi connectivity index (χ0v) is 5.67. The Balaban J connectivity index is 2.51. The molecule has 0 amide bonds. The van der Waals surface area contributed by atoms with Crippen molar-refractivity contribution in [2.24, 2.45) is 17.8 Å². The zero-order valence-electron chi connectivity index (χ0n) is 5.67. The van der Waals surface area contributed by atoms with E-state index in [1.807, 2.05) is 0 Å². The first-order valence-corrected chi connectivity index (χ1v) is 3.30. The molecule has 0 aromatic carbocycles. The van der Waals surface area contributed by atoms with Gasteiger partial charge in [0.1, 0.15) is 0 Å². The van der Waals surface area contributed by atoms with Crippen molar-refractivity contribution in [2.75, 3.05) is 13.2 Å². The summed E-state index contributed by atoms with van der Waals surface area (Å²) in [6.45, 7) is -0.981. The molecule has 0 heterocycles. The molecule has 1 saturated carbocycles. The minimum atomic E-state index is -4.26. The van der Waals surface area contributed by atoms with Crippen LogP contribution in [0, 0.1) is 17.8 Å². The van der Waals surface area contributed by atoms with E-state index in [-0.39, 0.29) is 0 Å². The Morgan fingerprint density at radius 3 is 1.45 bits per heavy atom. The van der Waals surface area contributed by atoms with Crippen LogP contribution in [0.2, 0.25) is 0 Å². The first-order chi connectivity index (χ1) is 5.02. The minimum Gasteiger partial charge on any atom is -0.396 e. The molecular weight excluding hydrogens is 161 g/mol. The molecule has 0 aromatic rings. The fourth-order valence-electron chi connectivity index (χ4n) is 1.43. The zero-order chi connectivity index (χ0) is 8.65. The molecule has 1 aliphatic carbocycles.